The first kappa shape index (κ1) is 50.0. The van der Waals surface area contributed by atoms with Crippen LogP contribution < -0.4 is 139 Å². The van der Waals surface area contributed by atoms with Crippen molar-refractivity contribution in [2.24, 2.45) is 0 Å². The molecule has 0 N–H and O–H groups in total. The molecule has 0 unspecified atom stereocenters. The maximum Gasteiger partial charge on any atom is 1.00 e. The van der Waals surface area contributed by atoms with Crippen LogP contribution in [-0.2, 0) is 19.2 Å². The number of aliphatic carboxylic acids is 4. The van der Waals surface area contributed by atoms with Gasteiger partial charge in [0.15, 0.2) is 0 Å². The largest absolute Gasteiger partial charge is 1.00 e. The zero-order chi connectivity index (χ0) is 22.5. The zero-order valence-corrected chi connectivity index (χ0v) is 28.5. The quantitative estimate of drug-likeness (QED) is 0.342. The molecule has 1 aliphatic carbocycles. The smallest absolute Gasteiger partial charge is 0.550 e. The Bertz CT molecular complexity index is 511. The first-order valence-electron chi connectivity index (χ1n) is 8.38. The molecular formula is C18H26N2Na4O8. The predicted octanol–water partition coefficient (Wildman–Crippen LogP) is -14.4. The van der Waals surface area contributed by atoms with E-state index in [-0.39, 0.29) is 118 Å². The van der Waals surface area contributed by atoms with Crippen molar-refractivity contribution in [1.29, 1.82) is 0 Å². The Morgan fingerprint density at radius 3 is 1.28 bits per heavy atom. The summed E-state index contributed by atoms with van der Waals surface area (Å²) in [5.74, 6) is -3.65. The van der Waals surface area contributed by atoms with Gasteiger partial charge in [0.1, 0.15) is 0 Å². The number of carbonyl (C=O) groups is 4. The van der Waals surface area contributed by atoms with Crippen LogP contribution in [-0.4, -0.2) is 34.1 Å². The fourth-order valence-electron chi connectivity index (χ4n) is 1.93. The van der Waals surface area contributed by atoms with Crippen LogP contribution in [0.15, 0.2) is 18.3 Å². The van der Waals surface area contributed by atoms with Crippen molar-refractivity contribution < 1.29 is 158 Å². The molecule has 0 aliphatic heterocycles. The van der Waals surface area contributed by atoms with E-state index in [0.29, 0.717) is 5.92 Å². The molecule has 160 valence electrons. The Labute approximate surface area is 277 Å². The second kappa shape index (κ2) is 36.5. The van der Waals surface area contributed by atoms with Crippen molar-refractivity contribution >= 4 is 23.9 Å². The van der Waals surface area contributed by atoms with E-state index in [0.717, 1.165) is 27.7 Å². The molecule has 0 bridgehead atoms. The summed E-state index contributed by atoms with van der Waals surface area (Å²) in [6.45, 7) is 3.89. The molecule has 10 nitrogen and oxygen atoms in total. The zero-order valence-electron chi connectivity index (χ0n) is 20.5. The molecule has 1 saturated carbocycles. The SMILES string of the molecule is CC(=O)[O-].CC(=O)[O-].CC(=O)[O-].CC(=O)[O-].[Na+].[Na+].[Na+].[Na+].c1cnnc(C2CCCCC2)c1. The summed E-state index contributed by atoms with van der Waals surface area (Å²) in [5, 5.41) is 43.6. The Kier molecular flexibility index (Phi) is 57.0. The fourth-order valence-corrected chi connectivity index (χ4v) is 1.93. The van der Waals surface area contributed by atoms with E-state index >= 15 is 0 Å². The first-order valence-corrected chi connectivity index (χ1v) is 8.38. The van der Waals surface area contributed by atoms with Gasteiger partial charge in [0, 0.05) is 36.0 Å². The second-order valence-electron chi connectivity index (χ2n) is 5.45. The van der Waals surface area contributed by atoms with Gasteiger partial charge < -0.3 is 39.6 Å². The number of hydrogen-bond donors (Lipinski definition) is 0. The van der Waals surface area contributed by atoms with Crippen molar-refractivity contribution in [3.63, 3.8) is 0 Å². The van der Waals surface area contributed by atoms with E-state index < -0.39 is 23.9 Å². The maximum atomic E-state index is 8.89. The normalized spacial score (nSPS) is 10.4. The number of carboxylic acids is 4. The summed E-state index contributed by atoms with van der Waals surface area (Å²) in [7, 11) is 0. The summed E-state index contributed by atoms with van der Waals surface area (Å²) in [6.07, 6.45) is 8.48. The summed E-state index contributed by atoms with van der Waals surface area (Å²) in [4.78, 5) is 35.6. The van der Waals surface area contributed by atoms with Gasteiger partial charge in [0.25, 0.3) is 0 Å². The third-order valence-corrected chi connectivity index (χ3v) is 2.62. The fraction of sp³-hybridized carbons (Fsp3) is 0.556. The molecule has 1 aromatic heterocycles. The second-order valence-corrected chi connectivity index (χ2v) is 5.45. The van der Waals surface area contributed by atoms with Crippen LogP contribution in [0.5, 0.6) is 0 Å². The molecule has 0 atom stereocenters. The van der Waals surface area contributed by atoms with Gasteiger partial charge in [-0.05, 0) is 52.7 Å². The van der Waals surface area contributed by atoms with Gasteiger partial charge >= 0.3 is 118 Å². The van der Waals surface area contributed by atoms with Gasteiger partial charge in [-0.15, -0.1) is 0 Å². The van der Waals surface area contributed by atoms with E-state index in [4.69, 9.17) is 39.6 Å². The van der Waals surface area contributed by atoms with Crippen LogP contribution in [0.1, 0.15) is 71.4 Å². The van der Waals surface area contributed by atoms with Crippen LogP contribution in [0.25, 0.3) is 0 Å². The van der Waals surface area contributed by atoms with E-state index in [9.17, 15) is 0 Å². The number of carbonyl (C=O) groups excluding carboxylic acids is 4. The van der Waals surface area contributed by atoms with E-state index in [1.807, 2.05) is 6.07 Å². The molecule has 2 rings (SSSR count). The average molecular weight is 490 g/mol. The van der Waals surface area contributed by atoms with Crippen LogP contribution in [0.3, 0.4) is 0 Å². The van der Waals surface area contributed by atoms with Gasteiger partial charge in [-0.2, -0.15) is 10.2 Å². The number of aromatic nitrogens is 2. The third kappa shape index (κ3) is 63.3. The van der Waals surface area contributed by atoms with E-state index in [2.05, 4.69) is 16.3 Å². The number of hydrogen-bond acceptors (Lipinski definition) is 10. The van der Waals surface area contributed by atoms with Crippen LogP contribution in [0, 0.1) is 0 Å². The molecule has 1 heterocycles. The van der Waals surface area contributed by atoms with Gasteiger partial charge in [-0.1, -0.05) is 19.3 Å². The van der Waals surface area contributed by atoms with Gasteiger partial charge in [0.05, 0.1) is 5.69 Å². The van der Waals surface area contributed by atoms with Crippen molar-refractivity contribution in [3.05, 3.63) is 24.0 Å². The Hall–Kier alpha value is 0.960. The van der Waals surface area contributed by atoms with Crippen molar-refractivity contribution in [2.45, 2.75) is 65.7 Å². The summed E-state index contributed by atoms with van der Waals surface area (Å²) < 4.78 is 0. The molecule has 0 saturated heterocycles. The summed E-state index contributed by atoms with van der Waals surface area (Å²) >= 11 is 0. The molecule has 1 fully saturated rings. The molecule has 14 heteroatoms. The van der Waals surface area contributed by atoms with Crippen LogP contribution in [0.4, 0.5) is 0 Å². The van der Waals surface area contributed by atoms with Crippen LogP contribution >= 0.6 is 0 Å². The summed E-state index contributed by atoms with van der Waals surface area (Å²) in [6, 6.07) is 4.08. The molecule has 0 aromatic carbocycles. The standard InChI is InChI=1S/C10H14N2.4C2H4O2.4Na/c1-2-5-9(6-3-1)10-7-4-8-11-12-10;4*1-2(3)4;;;;/h4,7-9H,1-3,5-6H2;4*1H3,(H,3,4);;;;/q;;;;;4*+1/p-4. The number of rotatable bonds is 1. The minimum absolute atomic E-state index is 0. The average Bonchev–Trinajstić information content (AvgIpc) is 2.54. The molecular weight excluding hydrogens is 464 g/mol. The van der Waals surface area contributed by atoms with Crippen molar-refractivity contribution in [2.75, 3.05) is 0 Å². The topological polar surface area (TPSA) is 186 Å². The Morgan fingerprint density at radius 2 is 1.03 bits per heavy atom. The van der Waals surface area contributed by atoms with Crippen molar-refractivity contribution in [3.8, 4) is 0 Å². The molecule has 1 aromatic rings. The van der Waals surface area contributed by atoms with Gasteiger partial charge in [-0.25, -0.2) is 0 Å². The third-order valence-electron chi connectivity index (χ3n) is 2.62. The molecule has 1 aliphatic rings. The molecule has 0 spiro atoms. The predicted molar refractivity (Wildman–Crippen MR) is 90.6 cm³/mol. The molecule has 0 amide bonds. The first-order chi connectivity index (χ1) is 12.9. The monoisotopic (exact) mass is 490 g/mol. The van der Waals surface area contributed by atoms with E-state index in [1.54, 1.807) is 6.20 Å². The molecule has 32 heavy (non-hydrogen) atoms. The number of carboxylic acid groups (broad SMARTS) is 4. The Morgan fingerprint density at radius 1 is 0.719 bits per heavy atom. The van der Waals surface area contributed by atoms with Gasteiger partial charge in [-0.3, -0.25) is 0 Å². The summed E-state index contributed by atoms with van der Waals surface area (Å²) in [5.41, 5.74) is 1.19. The van der Waals surface area contributed by atoms with Gasteiger partial charge in [0.2, 0.25) is 0 Å². The number of nitrogens with zero attached hydrogens (tertiary/aromatic N) is 2. The minimum Gasteiger partial charge on any atom is -0.550 e. The maximum absolute atomic E-state index is 8.89. The van der Waals surface area contributed by atoms with E-state index in [1.165, 1.54) is 37.8 Å². The minimum atomic E-state index is -1.08. The Balaban J connectivity index is -0.0000000539. The molecule has 0 radical (unpaired) electrons. The van der Waals surface area contributed by atoms with Crippen LogP contribution in [0.2, 0.25) is 0 Å². The van der Waals surface area contributed by atoms with Crippen molar-refractivity contribution in [1.82, 2.24) is 10.2 Å².